The summed E-state index contributed by atoms with van der Waals surface area (Å²) in [5, 5.41) is 12.2. The van der Waals surface area contributed by atoms with Crippen LogP contribution in [0.2, 0.25) is 10.0 Å². The van der Waals surface area contributed by atoms with Gasteiger partial charge in [-0.25, -0.2) is 4.79 Å². The van der Waals surface area contributed by atoms with Gasteiger partial charge in [-0.15, -0.1) is 0 Å². The highest BCUT2D eigenvalue weighted by Crippen LogP contribution is 2.26. The number of carbonyl (C=O) groups is 2. The summed E-state index contributed by atoms with van der Waals surface area (Å²) in [6.45, 7) is 1.98. The predicted molar refractivity (Wildman–Crippen MR) is 81.0 cm³/mol. The number of carboxylic acids is 1. The third kappa shape index (κ3) is 6.23. The van der Waals surface area contributed by atoms with Gasteiger partial charge in [-0.05, 0) is 18.6 Å². The summed E-state index contributed by atoms with van der Waals surface area (Å²) < 4.78 is 5.36. The van der Waals surface area contributed by atoms with Crippen molar-refractivity contribution in [1.82, 2.24) is 5.32 Å². The number of hydrogen-bond acceptors (Lipinski definition) is 3. The van der Waals surface area contributed by atoms with Crippen molar-refractivity contribution >= 4 is 35.1 Å². The molecule has 1 aromatic carbocycles. The zero-order valence-corrected chi connectivity index (χ0v) is 13.1. The van der Waals surface area contributed by atoms with E-state index in [1.165, 1.54) is 0 Å². The highest BCUT2D eigenvalue weighted by molar-refractivity contribution is 6.42. The molecule has 7 heteroatoms. The minimum Gasteiger partial charge on any atom is -0.493 e. The largest absolute Gasteiger partial charge is 0.493 e. The number of carboxylic acid groups (broad SMARTS) is 1. The molecule has 0 aliphatic heterocycles. The maximum atomic E-state index is 11.6. The first-order valence-corrected chi connectivity index (χ1v) is 7.29. The Morgan fingerprint density at radius 2 is 2.05 bits per heavy atom. The molecule has 0 saturated heterocycles. The van der Waals surface area contributed by atoms with Crippen LogP contribution in [0.5, 0.6) is 5.75 Å². The van der Waals surface area contributed by atoms with Crippen molar-refractivity contribution in [2.24, 2.45) is 0 Å². The lowest BCUT2D eigenvalue weighted by atomic mass is 10.1. The van der Waals surface area contributed by atoms with Crippen molar-refractivity contribution in [2.75, 3.05) is 6.61 Å². The van der Waals surface area contributed by atoms with E-state index in [4.69, 9.17) is 33.0 Å². The molecule has 1 unspecified atom stereocenters. The molecule has 0 aliphatic carbocycles. The van der Waals surface area contributed by atoms with Gasteiger partial charge in [0.05, 0.1) is 23.1 Å². The van der Waals surface area contributed by atoms with Crippen LogP contribution in [0.1, 0.15) is 26.2 Å². The van der Waals surface area contributed by atoms with Crippen LogP contribution in [0, 0.1) is 0 Å². The molecule has 116 valence electrons. The number of nitrogens with one attached hydrogen (secondary N) is 1. The molecule has 0 bridgehead atoms. The second-order valence-electron chi connectivity index (χ2n) is 4.42. The van der Waals surface area contributed by atoms with Gasteiger partial charge in [-0.2, -0.15) is 0 Å². The number of hydrogen-bond donors (Lipinski definition) is 2. The van der Waals surface area contributed by atoms with E-state index in [1.54, 1.807) is 18.2 Å². The van der Waals surface area contributed by atoms with Crippen LogP contribution in [-0.2, 0) is 9.59 Å². The number of carbonyl (C=O) groups excluding carboxylic acids is 1. The SMILES string of the molecule is CCCC(NC(=O)CCOc1ccc(Cl)c(Cl)c1)C(=O)O. The molecule has 1 rings (SSSR count). The van der Waals surface area contributed by atoms with Gasteiger partial charge >= 0.3 is 5.97 Å². The van der Waals surface area contributed by atoms with Crippen LogP contribution >= 0.6 is 23.2 Å². The van der Waals surface area contributed by atoms with E-state index < -0.39 is 12.0 Å². The summed E-state index contributed by atoms with van der Waals surface area (Å²) in [6, 6.07) is 3.94. The Morgan fingerprint density at radius 3 is 2.62 bits per heavy atom. The van der Waals surface area contributed by atoms with Gasteiger partial charge < -0.3 is 15.2 Å². The molecule has 0 aliphatic rings. The molecule has 1 aromatic rings. The highest BCUT2D eigenvalue weighted by Gasteiger charge is 2.18. The van der Waals surface area contributed by atoms with Gasteiger partial charge in [0.15, 0.2) is 0 Å². The van der Waals surface area contributed by atoms with Gasteiger partial charge in [0.1, 0.15) is 11.8 Å². The van der Waals surface area contributed by atoms with E-state index >= 15 is 0 Å². The smallest absolute Gasteiger partial charge is 0.326 e. The Hall–Kier alpha value is -1.46. The fourth-order valence-corrected chi connectivity index (χ4v) is 1.93. The van der Waals surface area contributed by atoms with E-state index in [9.17, 15) is 9.59 Å². The van der Waals surface area contributed by atoms with Crippen LogP contribution in [0.25, 0.3) is 0 Å². The molecule has 21 heavy (non-hydrogen) atoms. The average Bonchev–Trinajstić information content (AvgIpc) is 2.42. The Balaban J connectivity index is 2.39. The number of aliphatic carboxylic acids is 1. The monoisotopic (exact) mass is 333 g/mol. The molecule has 2 N–H and O–H groups in total. The maximum Gasteiger partial charge on any atom is 0.326 e. The van der Waals surface area contributed by atoms with Crippen molar-refractivity contribution in [3.05, 3.63) is 28.2 Å². The third-order valence-electron chi connectivity index (χ3n) is 2.70. The van der Waals surface area contributed by atoms with Gasteiger partial charge in [0.25, 0.3) is 0 Å². The molecule has 0 fully saturated rings. The van der Waals surface area contributed by atoms with Crippen molar-refractivity contribution in [3.8, 4) is 5.75 Å². The Bertz CT molecular complexity index is 508. The molecular formula is C14H17Cl2NO4. The Morgan fingerprint density at radius 1 is 1.33 bits per heavy atom. The quantitative estimate of drug-likeness (QED) is 0.766. The Kier molecular flexibility index (Phi) is 7.32. The van der Waals surface area contributed by atoms with Crippen LogP contribution < -0.4 is 10.1 Å². The van der Waals surface area contributed by atoms with Crippen LogP contribution in [-0.4, -0.2) is 29.6 Å². The van der Waals surface area contributed by atoms with Crippen molar-refractivity contribution < 1.29 is 19.4 Å². The van der Waals surface area contributed by atoms with E-state index in [0.717, 1.165) is 0 Å². The van der Waals surface area contributed by atoms with E-state index in [-0.39, 0.29) is 18.9 Å². The van der Waals surface area contributed by atoms with E-state index in [0.29, 0.717) is 28.6 Å². The van der Waals surface area contributed by atoms with Crippen molar-refractivity contribution in [2.45, 2.75) is 32.2 Å². The van der Waals surface area contributed by atoms with Crippen LogP contribution in [0.4, 0.5) is 0 Å². The summed E-state index contributed by atoms with van der Waals surface area (Å²) in [5.74, 6) is -0.896. The second kappa shape index (κ2) is 8.74. The summed E-state index contributed by atoms with van der Waals surface area (Å²) >= 11 is 11.6. The van der Waals surface area contributed by atoms with E-state index in [1.807, 2.05) is 6.92 Å². The summed E-state index contributed by atoms with van der Waals surface area (Å²) in [6.07, 6.45) is 1.14. The molecule has 1 amide bonds. The molecular weight excluding hydrogens is 317 g/mol. The highest BCUT2D eigenvalue weighted by atomic mass is 35.5. The lowest BCUT2D eigenvalue weighted by Gasteiger charge is -2.13. The lowest BCUT2D eigenvalue weighted by molar-refractivity contribution is -0.142. The summed E-state index contributed by atoms with van der Waals surface area (Å²) in [5.41, 5.74) is 0. The zero-order valence-electron chi connectivity index (χ0n) is 11.6. The molecule has 0 aromatic heterocycles. The maximum absolute atomic E-state index is 11.6. The number of benzene rings is 1. The summed E-state index contributed by atoms with van der Waals surface area (Å²) in [4.78, 5) is 22.6. The minimum atomic E-state index is -1.03. The van der Waals surface area contributed by atoms with Crippen LogP contribution in [0.15, 0.2) is 18.2 Å². The molecule has 5 nitrogen and oxygen atoms in total. The van der Waals surface area contributed by atoms with Crippen molar-refractivity contribution in [3.63, 3.8) is 0 Å². The van der Waals surface area contributed by atoms with Crippen LogP contribution in [0.3, 0.4) is 0 Å². The topological polar surface area (TPSA) is 75.6 Å². The molecule has 1 atom stereocenters. The first kappa shape index (κ1) is 17.6. The standard InChI is InChI=1S/C14H17Cl2NO4/c1-2-3-12(14(19)20)17-13(18)6-7-21-9-4-5-10(15)11(16)8-9/h4-5,8,12H,2-3,6-7H2,1H3,(H,17,18)(H,19,20). The number of amides is 1. The first-order valence-electron chi connectivity index (χ1n) is 6.54. The average molecular weight is 334 g/mol. The first-order chi connectivity index (χ1) is 9.93. The van der Waals surface area contributed by atoms with Gasteiger partial charge in [-0.1, -0.05) is 36.5 Å². The number of ether oxygens (including phenoxy) is 1. The molecule has 0 spiro atoms. The minimum absolute atomic E-state index is 0.0632. The lowest BCUT2D eigenvalue weighted by Crippen LogP contribution is -2.41. The van der Waals surface area contributed by atoms with Gasteiger partial charge in [0.2, 0.25) is 5.91 Å². The fourth-order valence-electron chi connectivity index (χ4n) is 1.64. The molecule has 0 radical (unpaired) electrons. The van der Waals surface area contributed by atoms with Gasteiger partial charge in [-0.3, -0.25) is 4.79 Å². The molecule has 0 heterocycles. The zero-order chi connectivity index (χ0) is 15.8. The normalized spacial score (nSPS) is 11.8. The van der Waals surface area contributed by atoms with Crippen molar-refractivity contribution in [1.29, 1.82) is 0 Å². The third-order valence-corrected chi connectivity index (χ3v) is 3.44. The Labute approximate surface area is 133 Å². The molecule has 0 saturated carbocycles. The number of rotatable bonds is 8. The predicted octanol–water partition coefficient (Wildman–Crippen LogP) is 3.13. The second-order valence-corrected chi connectivity index (χ2v) is 5.24. The van der Waals surface area contributed by atoms with E-state index in [2.05, 4.69) is 5.32 Å². The van der Waals surface area contributed by atoms with Gasteiger partial charge in [0, 0.05) is 6.07 Å². The fraction of sp³-hybridized carbons (Fsp3) is 0.429. The number of halogens is 2. The summed E-state index contributed by atoms with van der Waals surface area (Å²) in [7, 11) is 0.